The Morgan fingerprint density at radius 3 is 2.92 bits per heavy atom. The van der Waals surface area contributed by atoms with Gasteiger partial charge in [0.25, 0.3) is 5.91 Å². The first-order valence-corrected chi connectivity index (χ1v) is 8.27. The van der Waals surface area contributed by atoms with E-state index >= 15 is 0 Å². The van der Waals surface area contributed by atoms with Crippen LogP contribution in [0.1, 0.15) is 28.8 Å². The zero-order valence-electron chi connectivity index (χ0n) is 13.8. The number of nitrogens with zero attached hydrogens (tertiary/aromatic N) is 2. The number of carbonyl (C=O) groups is 2. The molecule has 1 aromatic carbocycles. The molecular weight excluding hydrogens is 320 g/mol. The first kappa shape index (κ1) is 17.0. The summed E-state index contributed by atoms with van der Waals surface area (Å²) in [6, 6.07) is 10.7. The Labute approximate surface area is 146 Å². The van der Waals surface area contributed by atoms with Crippen molar-refractivity contribution in [3.05, 3.63) is 59.9 Å². The summed E-state index contributed by atoms with van der Waals surface area (Å²) < 4.78 is 5.72. The number of carboxylic acid groups (broad SMARTS) is 1. The topological polar surface area (TPSA) is 79.7 Å². The smallest absolute Gasteiger partial charge is 0.308 e. The summed E-state index contributed by atoms with van der Waals surface area (Å²) in [6.45, 7) is 1.22. The van der Waals surface area contributed by atoms with E-state index < -0.39 is 11.9 Å². The number of hydrogen-bond acceptors (Lipinski definition) is 4. The van der Waals surface area contributed by atoms with Gasteiger partial charge in [0, 0.05) is 36.6 Å². The number of aromatic nitrogens is 1. The molecule has 1 atom stereocenters. The molecule has 1 amide bonds. The lowest BCUT2D eigenvalue weighted by Gasteiger charge is -2.30. The molecule has 1 aliphatic heterocycles. The zero-order chi connectivity index (χ0) is 17.6. The average Bonchev–Trinajstić information content (AvgIpc) is 2.67. The fourth-order valence-electron chi connectivity index (χ4n) is 2.91. The maximum Gasteiger partial charge on any atom is 0.308 e. The van der Waals surface area contributed by atoms with Crippen molar-refractivity contribution >= 4 is 11.9 Å². The van der Waals surface area contributed by atoms with Crippen LogP contribution in [0.5, 0.6) is 5.75 Å². The summed E-state index contributed by atoms with van der Waals surface area (Å²) >= 11 is 0. The number of aliphatic carboxylic acids is 1. The van der Waals surface area contributed by atoms with Crippen LogP contribution < -0.4 is 4.74 Å². The van der Waals surface area contributed by atoms with Gasteiger partial charge < -0.3 is 14.7 Å². The number of rotatable bonds is 5. The minimum Gasteiger partial charge on any atom is -0.489 e. The molecule has 25 heavy (non-hydrogen) atoms. The Morgan fingerprint density at radius 1 is 1.28 bits per heavy atom. The second-order valence-electron chi connectivity index (χ2n) is 6.11. The normalized spacial score (nSPS) is 17.1. The van der Waals surface area contributed by atoms with Gasteiger partial charge in [-0.3, -0.25) is 14.6 Å². The number of hydrogen-bond donors (Lipinski definition) is 1. The van der Waals surface area contributed by atoms with E-state index in [1.54, 1.807) is 41.6 Å². The highest BCUT2D eigenvalue weighted by Gasteiger charge is 2.28. The van der Waals surface area contributed by atoms with Gasteiger partial charge in [-0.15, -0.1) is 0 Å². The predicted octanol–water partition coefficient (Wildman–Crippen LogP) is 2.60. The van der Waals surface area contributed by atoms with Gasteiger partial charge in [-0.25, -0.2) is 0 Å². The number of likely N-dealkylation sites (tertiary alicyclic amines) is 1. The number of piperidine rings is 1. The number of amides is 1. The van der Waals surface area contributed by atoms with Crippen molar-refractivity contribution in [3.8, 4) is 5.75 Å². The summed E-state index contributed by atoms with van der Waals surface area (Å²) in [5.41, 5.74) is 1.45. The molecule has 2 heterocycles. The van der Waals surface area contributed by atoms with Gasteiger partial charge in [0.15, 0.2) is 0 Å². The zero-order valence-corrected chi connectivity index (χ0v) is 13.8. The third kappa shape index (κ3) is 4.35. The monoisotopic (exact) mass is 340 g/mol. The van der Waals surface area contributed by atoms with Crippen LogP contribution in [0.3, 0.4) is 0 Å². The number of carboxylic acids is 1. The van der Waals surface area contributed by atoms with Gasteiger partial charge in [0.2, 0.25) is 0 Å². The predicted molar refractivity (Wildman–Crippen MR) is 91.3 cm³/mol. The van der Waals surface area contributed by atoms with Crippen molar-refractivity contribution in [2.24, 2.45) is 5.92 Å². The maximum absolute atomic E-state index is 12.7. The molecule has 3 rings (SSSR count). The second-order valence-corrected chi connectivity index (χ2v) is 6.11. The van der Waals surface area contributed by atoms with Crippen LogP contribution in [0.25, 0.3) is 0 Å². The average molecular weight is 340 g/mol. The third-order valence-corrected chi connectivity index (χ3v) is 4.27. The highest BCUT2D eigenvalue weighted by Crippen LogP contribution is 2.21. The second kappa shape index (κ2) is 7.79. The van der Waals surface area contributed by atoms with Crippen LogP contribution >= 0.6 is 0 Å². The van der Waals surface area contributed by atoms with E-state index in [2.05, 4.69) is 4.98 Å². The highest BCUT2D eigenvalue weighted by atomic mass is 16.5. The Balaban J connectivity index is 1.66. The molecular formula is C19H20N2O4. The number of carbonyl (C=O) groups excluding carboxylic acids is 1. The fraction of sp³-hybridized carbons (Fsp3) is 0.316. The van der Waals surface area contributed by atoms with Crippen LogP contribution in [-0.4, -0.2) is 40.0 Å². The van der Waals surface area contributed by atoms with Gasteiger partial charge in [-0.1, -0.05) is 12.1 Å². The molecule has 0 bridgehead atoms. The molecule has 130 valence electrons. The SMILES string of the molecule is O=C(O)C1CCCN(C(=O)c2cccc(OCc3cccnc3)c2)C1. The van der Waals surface area contributed by atoms with Crippen LogP contribution in [0, 0.1) is 5.92 Å². The van der Waals surface area contributed by atoms with E-state index in [1.165, 1.54) is 0 Å². The van der Waals surface area contributed by atoms with Gasteiger partial charge in [-0.2, -0.15) is 0 Å². The fourth-order valence-corrected chi connectivity index (χ4v) is 2.91. The van der Waals surface area contributed by atoms with Gasteiger partial charge in [0.05, 0.1) is 5.92 Å². The summed E-state index contributed by atoms with van der Waals surface area (Å²) in [7, 11) is 0. The van der Waals surface area contributed by atoms with Crippen LogP contribution in [0.2, 0.25) is 0 Å². The van der Waals surface area contributed by atoms with Crippen molar-refractivity contribution in [1.82, 2.24) is 9.88 Å². The molecule has 6 heteroatoms. The van der Waals surface area contributed by atoms with Gasteiger partial charge >= 0.3 is 5.97 Å². The lowest BCUT2D eigenvalue weighted by Crippen LogP contribution is -2.42. The van der Waals surface area contributed by atoms with Crippen molar-refractivity contribution in [2.75, 3.05) is 13.1 Å². The Kier molecular flexibility index (Phi) is 5.28. The molecule has 0 radical (unpaired) electrons. The van der Waals surface area contributed by atoms with Crippen LogP contribution in [0.4, 0.5) is 0 Å². The number of benzene rings is 1. The van der Waals surface area contributed by atoms with Crippen molar-refractivity contribution in [2.45, 2.75) is 19.4 Å². The summed E-state index contributed by atoms with van der Waals surface area (Å²) in [5.74, 6) is -0.881. The molecule has 1 saturated heterocycles. The first-order valence-electron chi connectivity index (χ1n) is 8.27. The van der Waals surface area contributed by atoms with Crippen molar-refractivity contribution in [3.63, 3.8) is 0 Å². The molecule has 1 fully saturated rings. The van der Waals surface area contributed by atoms with Crippen molar-refractivity contribution < 1.29 is 19.4 Å². The Hall–Kier alpha value is -2.89. The molecule has 0 spiro atoms. The van der Waals surface area contributed by atoms with E-state index in [1.807, 2.05) is 12.1 Å². The highest BCUT2D eigenvalue weighted by molar-refractivity contribution is 5.95. The summed E-state index contributed by atoms with van der Waals surface area (Å²) in [5, 5.41) is 9.17. The lowest BCUT2D eigenvalue weighted by molar-refractivity contribution is -0.143. The van der Waals surface area contributed by atoms with Crippen LogP contribution in [0.15, 0.2) is 48.8 Å². The van der Waals surface area contributed by atoms with E-state index in [0.29, 0.717) is 37.3 Å². The standard InChI is InChI=1S/C19H20N2O4/c22-18(21-9-3-6-16(12-21)19(23)24)15-5-1-7-17(10-15)25-13-14-4-2-8-20-11-14/h1-2,4-5,7-8,10-11,16H,3,6,9,12-13H2,(H,23,24). The summed E-state index contributed by atoms with van der Waals surface area (Å²) in [4.78, 5) is 29.5. The summed E-state index contributed by atoms with van der Waals surface area (Å²) in [6.07, 6.45) is 4.76. The third-order valence-electron chi connectivity index (χ3n) is 4.27. The maximum atomic E-state index is 12.7. The van der Waals surface area contributed by atoms with E-state index in [4.69, 9.17) is 9.84 Å². The van der Waals surface area contributed by atoms with Gasteiger partial charge in [-0.05, 0) is 37.1 Å². The minimum absolute atomic E-state index is 0.155. The lowest BCUT2D eigenvalue weighted by atomic mass is 9.97. The molecule has 1 unspecified atom stereocenters. The number of ether oxygens (including phenoxy) is 1. The molecule has 0 saturated carbocycles. The molecule has 0 aliphatic carbocycles. The Morgan fingerprint density at radius 2 is 2.16 bits per heavy atom. The van der Waals surface area contributed by atoms with Crippen molar-refractivity contribution in [1.29, 1.82) is 0 Å². The Bertz CT molecular complexity index is 748. The molecule has 1 N–H and O–H groups in total. The van der Waals surface area contributed by atoms with Gasteiger partial charge in [0.1, 0.15) is 12.4 Å². The molecule has 1 aromatic heterocycles. The van der Waals surface area contributed by atoms with E-state index in [9.17, 15) is 9.59 Å². The van der Waals surface area contributed by atoms with E-state index in [-0.39, 0.29) is 12.5 Å². The molecule has 1 aliphatic rings. The molecule has 6 nitrogen and oxygen atoms in total. The van der Waals surface area contributed by atoms with Crippen LogP contribution in [-0.2, 0) is 11.4 Å². The molecule has 2 aromatic rings. The first-order chi connectivity index (χ1) is 12.1. The van der Waals surface area contributed by atoms with E-state index in [0.717, 1.165) is 5.56 Å². The quantitative estimate of drug-likeness (QED) is 0.905. The largest absolute Gasteiger partial charge is 0.489 e. The minimum atomic E-state index is -0.842. The number of pyridine rings is 1.